The second kappa shape index (κ2) is 17.6. The minimum absolute atomic E-state index is 0.00207. The summed E-state index contributed by atoms with van der Waals surface area (Å²) in [6, 6.07) is 7.99. The molecule has 3 fully saturated rings. The van der Waals surface area contributed by atoms with E-state index >= 15 is 0 Å². The second-order valence-corrected chi connectivity index (χ2v) is 17.4. The molecule has 3 aromatic rings. The number of allylic oxidation sites excluding steroid dienone is 2. The highest BCUT2D eigenvalue weighted by Crippen LogP contribution is 2.42. The van der Waals surface area contributed by atoms with Crippen molar-refractivity contribution in [1.29, 1.82) is 0 Å². The van der Waals surface area contributed by atoms with Crippen LogP contribution in [0.15, 0.2) is 42.7 Å². The molecule has 13 heteroatoms. The lowest BCUT2D eigenvalue weighted by Crippen LogP contribution is -2.53. The summed E-state index contributed by atoms with van der Waals surface area (Å²) in [5.41, 5.74) is 5.58. The Morgan fingerprint density at radius 3 is 1.98 bits per heavy atom. The number of benzene rings is 1. The average molecular weight is 783 g/mol. The molecule has 308 valence electrons. The summed E-state index contributed by atoms with van der Waals surface area (Å²) in [4.78, 5) is 60.1. The molecule has 1 unspecified atom stereocenters. The highest BCUT2D eigenvalue weighted by atomic mass is 16.5. The van der Waals surface area contributed by atoms with E-state index < -0.39 is 12.1 Å². The molecule has 3 saturated heterocycles. The van der Waals surface area contributed by atoms with Crippen molar-refractivity contribution in [3.63, 3.8) is 0 Å². The number of imidazole rings is 2. The number of ether oxygens (including phenoxy) is 2. The van der Waals surface area contributed by atoms with E-state index in [0.717, 1.165) is 106 Å². The minimum atomic E-state index is -0.669. The number of hydrogen-bond acceptors (Lipinski definition) is 8. The van der Waals surface area contributed by atoms with Crippen LogP contribution in [0, 0.1) is 11.8 Å². The molecule has 0 radical (unpaired) electrons. The molecule has 0 spiro atoms. The van der Waals surface area contributed by atoms with Crippen molar-refractivity contribution < 1.29 is 23.9 Å². The normalized spacial score (nSPS) is 24.2. The van der Waals surface area contributed by atoms with Crippen LogP contribution in [0.4, 0.5) is 4.79 Å². The summed E-state index contributed by atoms with van der Waals surface area (Å²) in [5, 5.41) is 6.40. The number of nitrogens with one attached hydrogen (secondary N) is 4. The van der Waals surface area contributed by atoms with Gasteiger partial charge >= 0.3 is 6.09 Å². The lowest BCUT2D eigenvalue weighted by atomic mass is 9.71. The van der Waals surface area contributed by atoms with Gasteiger partial charge in [-0.3, -0.25) is 9.59 Å². The molecule has 0 bridgehead atoms. The van der Waals surface area contributed by atoms with Crippen molar-refractivity contribution in [2.24, 2.45) is 11.8 Å². The van der Waals surface area contributed by atoms with Gasteiger partial charge in [-0.2, -0.15) is 0 Å². The van der Waals surface area contributed by atoms with Crippen molar-refractivity contribution in [1.82, 2.24) is 40.4 Å². The Morgan fingerprint density at radius 1 is 0.842 bits per heavy atom. The van der Waals surface area contributed by atoms with Crippen molar-refractivity contribution in [3.05, 3.63) is 65.6 Å². The lowest BCUT2D eigenvalue weighted by Gasteiger charge is -2.34. The Hall–Kier alpha value is -4.49. The summed E-state index contributed by atoms with van der Waals surface area (Å²) in [5.74, 6) is 1.82. The van der Waals surface area contributed by atoms with Crippen LogP contribution in [0.5, 0.6) is 0 Å². The average Bonchev–Trinajstić information content (AvgIpc) is 4.06. The number of aromatic amines is 2. The Bertz CT molecular complexity index is 1900. The number of alkyl carbamates (subject to hydrolysis) is 1. The van der Waals surface area contributed by atoms with E-state index in [4.69, 9.17) is 19.4 Å². The van der Waals surface area contributed by atoms with Crippen molar-refractivity contribution in [3.8, 4) is 11.3 Å². The number of H-pyrrole nitrogens is 2. The van der Waals surface area contributed by atoms with Crippen LogP contribution in [0.3, 0.4) is 0 Å². The van der Waals surface area contributed by atoms with Crippen molar-refractivity contribution in [2.75, 3.05) is 33.4 Å². The van der Waals surface area contributed by atoms with Gasteiger partial charge < -0.3 is 39.9 Å². The van der Waals surface area contributed by atoms with Crippen LogP contribution in [0.1, 0.15) is 127 Å². The van der Waals surface area contributed by atoms with E-state index in [0.29, 0.717) is 12.6 Å². The molecule has 57 heavy (non-hydrogen) atoms. The smallest absolute Gasteiger partial charge is 0.407 e. The quantitative estimate of drug-likeness (QED) is 0.156. The van der Waals surface area contributed by atoms with Crippen LogP contribution in [-0.2, 0) is 24.5 Å². The van der Waals surface area contributed by atoms with E-state index in [2.05, 4.69) is 76.6 Å². The van der Waals surface area contributed by atoms with E-state index in [1.165, 1.54) is 18.2 Å². The topological polar surface area (TPSA) is 158 Å². The first-order valence-electron chi connectivity index (χ1n) is 21.1. The highest BCUT2D eigenvalue weighted by Gasteiger charge is 2.39. The summed E-state index contributed by atoms with van der Waals surface area (Å²) >= 11 is 0. The van der Waals surface area contributed by atoms with Gasteiger partial charge in [-0.25, -0.2) is 14.8 Å². The molecule has 7 rings (SSSR count). The van der Waals surface area contributed by atoms with Gasteiger partial charge in [-0.15, -0.1) is 0 Å². The molecule has 4 aliphatic rings. The lowest BCUT2D eigenvalue weighted by molar-refractivity contribution is -0.136. The fourth-order valence-corrected chi connectivity index (χ4v) is 9.20. The van der Waals surface area contributed by atoms with Gasteiger partial charge in [0.1, 0.15) is 17.7 Å². The van der Waals surface area contributed by atoms with E-state index in [1.54, 1.807) is 0 Å². The van der Waals surface area contributed by atoms with Crippen LogP contribution in [0.2, 0.25) is 0 Å². The summed E-state index contributed by atoms with van der Waals surface area (Å²) < 4.78 is 10.3. The largest absolute Gasteiger partial charge is 0.453 e. The summed E-state index contributed by atoms with van der Waals surface area (Å²) in [7, 11) is 1.30. The maximum atomic E-state index is 14.0. The van der Waals surface area contributed by atoms with E-state index in [9.17, 15) is 14.4 Å². The van der Waals surface area contributed by atoms with Crippen LogP contribution in [-0.4, -0.2) is 99.2 Å². The first-order chi connectivity index (χ1) is 27.5. The zero-order valence-electron chi connectivity index (χ0n) is 34.6. The molecule has 3 amide bonds. The first kappa shape index (κ1) is 40.7. The summed E-state index contributed by atoms with van der Waals surface area (Å²) in [6.07, 6.45) is 13.9. The summed E-state index contributed by atoms with van der Waals surface area (Å²) in [6.45, 7) is 13.3. The number of hydrogen-bond donors (Lipinski definition) is 4. The number of methoxy groups -OCH3 is 1. The molecule has 3 aliphatic heterocycles. The predicted octanol–water partition coefficient (Wildman–Crippen LogP) is 6.83. The van der Waals surface area contributed by atoms with Gasteiger partial charge in [0, 0.05) is 32.3 Å². The van der Waals surface area contributed by atoms with Gasteiger partial charge in [-0.1, -0.05) is 65.0 Å². The predicted molar refractivity (Wildman–Crippen MR) is 219 cm³/mol. The van der Waals surface area contributed by atoms with Crippen molar-refractivity contribution >= 4 is 23.5 Å². The Kier molecular flexibility index (Phi) is 12.5. The fraction of sp³-hybridized carbons (Fsp3) is 0.614. The van der Waals surface area contributed by atoms with Gasteiger partial charge in [-0.05, 0) is 91.7 Å². The molecular weight excluding hydrogens is 721 g/mol. The number of rotatable bonds is 12. The molecule has 0 saturated carbocycles. The second-order valence-electron chi connectivity index (χ2n) is 17.4. The Morgan fingerprint density at radius 2 is 1.42 bits per heavy atom. The van der Waals surface area contributed by atoms with Crippen LogP contribution < -0.4 is 10.6 Å². The number of carbonyl (C=O) groups is 3. The molecular formula is C44H62N8O5. The number of likely N-dealkylation sites (tertiary alicyclic amines) is 2. The van der Waals surface area contributed by atoms with Gasteiger partial charge in [0.15, 0.2) is 0 Å². The number of nitrogens with zero attached hydrogens (tertiary/aromatic N) is 4. The molecule has 13 nitrogen and oxygen atoms in total. The van der Waals surface area contributed by atoms with E-state index in [1.807, 2.05) is 31.1 Å². The minimum Gasteiger partial charge on any atom is -0.453 e. The molecule has 1 aliphatic carbocycles. The molecule has 5 heterocycles. The first-order valence-corrected chi connectivity index (χ1v) is 21.1. The zero-order chi connectivity index (χ0) is 40.3. The fourth-order valence-electron chi connectivity index (χ4n) is 9.20. The standard InChI is InChI=1S/C44H62N8O5/c1-27(2)37(47-32-17-23-57-24-18-32)41(53)51-21-7-9-35(51)40-46-26-34(49-40)30-15-19-44(5,20-16-30)31-13-11-29(12-14-31)33-25-45-39(48-33)36-10-8-22-52(36)42(54)38(28(3)4)50-43(55)56-6/h11-15,25-28,32,35-38,47H,7-10,16-24H2,1-6H3,(H,45,48)(H,46,49)(H,50,55)/t35-,36-,37-,38-,44?/m0/s1. The van der Waals surface area contributed by atoms with Crippen molar-refractivity contribution in [2.45, 2.75) is 128 Å². The highest BCUT2D eigenvalue weighted by molar-refractivity contribution is 5.86. The third-order valence-corrected chi connectivity index (χ3v) is 12.8. The maximum absolute atomic E-state index is 14.0. The molecule has 2 aromatic heterocycles. The van der Waals surface area contributed by atoms with Gasteiger partial charge in [0.25, 0.3) is 0 Å². The zero-order valence-corrected chi connectivity index (χ0v) is 34.6. The maximum Gasteiger partial charge on any atom is 0.407 e. The number of carbonyl (C=O) groups excluding carboxylic acids is 3. The molecule has 4 N–H and O–H groups in total. The Labute approximate surface area is 337 Å². The van der Waals surface area contributed by atoms with Crippen LogP contribution in [0.25, 0.3) is 16.8 Å². The Balaban J connectivity index is 0.979. The third kappa shape index (κ3) is 8.84. The van der Waals surface area contributed by atoms with Crippen LogP contribution >= 0.6 is 0 Å². The monoisotopic (exact) mass is 782 g/mol. The van der Waals surface area contributed by atoms with Gasteiger partial charge in [0.05, 0.1) is 49.0 Å². The third-order valence-electron chi connectivity index (χ3n) is 12.8. The number of aromatic nitrogens is 4. The van der Waals surface area contributed by atoms with E-state index in [-0.39, 0.29) is 47.2 Å². The number of amides is 3. The SMILES string of the molecule is COC(=O)N[C@H](C(=O)N1CCC[C@H]1c1ncc(-c2ccc(C3(C)CC=C(c4cnc([C@@H]5CCCN5C(=O)[C@@H](NC5CCOCC5)C(C)C)[nH]4)CC3)cc2)[nH]1)C(C)C. The van der Waals surface area contributed by atoms with Gasteiger partial charge in [0.2, 0.25) is 11.8 Å². The molecule has 5 atom stereocenters. The molecule has 1 aromatic carbocycles.